The summed E-state index contributed by atoms with van der Waals surface area (Å²) in [6.45, 7) is 5.27. The van der Waals surface area contributed by atoms with Gasteiger partial charge in [-0.1, -0.05) is 0 Å². The minimum Gasteiger partial charge on any atom is -0.469 e. The number of carbonyl (C=O) groups is 2. The van der Waals surface area contributed by atoms with Gasteiger partial charge >= 0.3 is 12.1 Å². The van der Waals surface area contributed by atoms with Gasteiger partial charge in [0, 0.05) is 6.04 Å². The highest BCUT2D eigenvalue weighted by molar-refractivity contribution is 5.75. The van der Waals surface area contributed by atoms with Crippen molar-refractivity contribution in [2.75, 3.05) is 7.11 Å². The van der Waals surface area contributed by atoms with Crippen molar-refractivity contribution in [1.82, 2.24) is 5.32 Å². The summed E-state index contributed by atoms with van der Waals surface area (Å²) in [7, 11) is 1.29. The molecule has 0 radical (unpaired) electrons. The number of ether oxygens (including phenoxy) is 2. The van der Waals surface area contributed by atoms with Gasteiger partial charge in [-0.3, -0.25) is 4.79 Å². The van der Waals surface area contributed by atoms with Gasteiger partial charge in [-0.2, -0.15) is 0 Å². The van der Waals surface area contributed by atoms with Gasteiger partial charge in [-0.05, 0) is 33.6 Å². The Labute approximate surface area is 107 Å². The van der Waals surface area contributed by atoms with E-state index in [1.165, 1.54) is 7.11 Å². The third-order valence-corrected chi connectivity index (χ3v) is 2.74. The summed E-state index contributed by atoms with van der Waals surface area (Å²) in [6.07, 6.45) is -0.559. The molecule has 1 saturated carbocycles. The van der Waals surface area contributed by atoms with E-state index in [9.17, 15) is 14.7 Å². The maximum absolute atomic E-state index is 11.6. The number of nitrogens with one attached hydrogen (secondary N) is 1. The molecule has 1 aliphatic rings. The van der Waals surface area contributed by atoms with Crippen LogP contribution in [-0.4, -0.2) is 42.0 Å². The first kappa shape index (κ1) is 14.8. The lowest BCUT2D eigenvalue weighted by atomic mass is 10.0. The number of hydrogen-bond donors (Lipinski definition) is 2. The molecule has 1 amide bonds. The van der Waals surface area contributed by atoms with Gasteiger partial charge in [0.1, 0.15) is 5.60 Å². The van der Waals surface area contributed by atoms with Gasteiger partial charge in [0.15, 0.2) is 0 Å². The van der Waals surface area contributed by atoms with Crippen LogP contribution in [-0.2, 0) is 14.3 Å². The molecule has 0 aliphatic heterocycles. The molecule has 0 aromatic rings. The molecule has 0 spiro atoms. The van der Waals surface area contributed by atoms with Crippen molar-refractivity contribution in [3.05, 3.63) is 0 Å². The van der Waals surface area contributed by atoms with Gasteiger partial charge < -0.3 is 19.9 Å². The molecule has 1 aliphatic carbocycles. The Bertz CT molecular complexity index is 323. The van der Waals surface area contributed by atoms with Crippen LogP contribution in [0.25, 0.3) is 0 Å². The van der Waals surface area contributed by atoms with Crippen molar-refractivity contribution < 1.29 is 24.2 Å². The summed E-state index contributed by atoms with van der Waals surface area (Å²) in [5.41, 5.74) is -0.595. The lowest BCUT2D eigenvalue weighted by Crippen LogP contribution is -2.43. The zero-order valence-electron chi connectivity index (χ0n) is 11.2. The highest BCUT2D eigenvalue weighted by Crippen LogP contribution is 2.27. The Morgan fingerprint density at radius 2 is 1.89 bits per heavy atom. The van der Waals surface area contributed by atoms with Crippen LogP contribution in [0.5, 0.6) is 0 Å². The third kappa shape index (κ3) is 4.18. The SMILES string of the molecule is COC(=O)[C@@H]1C[C@H](O)C[C@@H]1NC(=O)OC(C)(C)C. The zero-order valence-corrected chi connectivity index (χ0v) is 11.2. The minimum atomic E-state index is -0.603. The highest BCUT2D eigenvalue weighted by atomic mass is 16.6. The van der Waals surface area contributed by atoms with Gasteiger partial charge in [-0.15, -0.1) is 0 Å². The molecule has 1 fully saturated rings. The van der Waals surface area contributed by atoms with Crippen molar-refractivity contribution >= 4 is 12.1 Å². The van der Waals surface area contributed by atoms with Gasteiger partial charge in [0.25, 0.3) is 0 Å². The largest absolute Gasteiger partial charge is 0.469 e. The molecule has 0 bridgehead atoms. The summed E-state index contributed by atoms with van der Waals surface area (Å²) >= 11 is 0. The van der Waals surface area contributed by atoms with Crippen molar-refractivity contribution in [3.63, 3.8) is 0 Å². The Morgan fingerprint density at radius 1 is 1.28 bits per heavy atom. The molecule has 0 unspecified atom stereocenters. The predicted molar refractivity (Wildman–Crippen MR) is 63.9 cm³/mol. The number of methoxy groups -OCH3 is 1. The lowest BCUT2D eigenvalue weighted by Gasteiger charge is -2.23. The summed E-state index contributed by atoms with van der Waals surface area (Å²) < 4.78 is 9.77. The average molecular weight is 259 g/mol. The summed E-state index contributed by atoms with van der Waals surface area (Å²) in [5.74, 6) is -0.940. The maximum Gasteiger partial charge on any atom is 0.407 e. The van der Waals surface area contributed by atoms with E-state index in [4.69, 9.17) is 4.74 Å². The first-order chi connectivity index (χ1) is 8.23. The maximum atomic E-state index is 11.6. The predicted octanol–water partition coefficient (Wildman–Crippen LogP) is 0.824. The van der Waals surface area contributed by atoms with Crippen LogP contribution in [0.15, 0.2) is 0 Å². The molecule has 1 rings (SSSR count). The second kappa shape index (κ2) is 5.56. The number of aliphatic hydroxyl groups excluding tert-OH is 1. The first-order valence-corrected chi connectivity index (χ1v) is 5.98. The highest BCUT2D eigenvalue weighted by Gasteiger charge is 2.40. The topological polar surface area (TPSA) is 84.9 Å². The van der Waals surface area contributed by atoms with E-state index >= 15 is 0 Å². The number of aliphatic hydroxyl groups is 1. The average Bonchev–Trinajstić information content (AvgIpc) is 2.55. The van der Waals surface area contributed by atoms with E-state index in [-0.39, 0.29) is 0 Å². The lowest BCUT2D eigenvalue weighted by molar-refractivity contribution is -0.146. The van der Waals surface area contributed by atoms with Gasteiger partial charge in [-0.25, -0.2) is 4.79 Å². The molecule has 6 heteroatoms. The molecule has 0 aromatic heterocycles. The molecule has 0 saturated heterocycles. The molecular formula is C12H21NO5. The fourth-order valence-corrected chi connectivity index (χ4v) is 2.04. The number of alkyl carbamates (subject to hydrolysis) is 1. The normalized spacial score (nSPS) is 27.7. The second-order valence-corrected chi connectivity index (χ2v) is 5.51. The van der Waals surface area contributed by atoms with E-state index < -0.39 is 35.7 Å². The van der Waals surface area contributed by atoms with Crippen LogP contribution in [0, 0.1) is 5.92 Å². The van der Waals surface area contributed by atoms with Crippen molar-refractivity contribution in [3.8, 4) is 0 Å². The van der Waals surface area contributed by atoms with Crippen LogP contribution >= 0.6 is 0 Å². The molecule has 2 N–H and O–H groups in total. The number of hydrogen-bond acceptors (Lipinski definition) is 5. The molecular weight excluding hydrogens is 238 g/mol. The van der Waals surface area contributed by atoms with Gasteiger partial charge in [0.05, 0.1) is 19.1 Å². The molecule has 3 atom stereocenters. The molecule has 18 heavy (non-hydrogen) atoms. The third-order valence-electron chi connectivity index (χ3n) is 2.74. The Balaban J connectivity index is 2.59. The molecule has 6 nitrogen and oxygen atoms in total. The summed E-state index contributed by atoms with van der Waals surface area (Å²) in [4.78, 5) is 23.1. The number of amides is 1. The van der Waals surface area contributed by atoms with Crippen molar-refractivity contribution in [2.45, 2.75) is 51.4 Å². The van der Waals surface area contributed by atoms with E-state index in [2.05, 4.69) is 10.1 Å². The number of rotatable bonds is 2. The Morgan fingerprint density at radius 3 is 2.39 bits per heavy atom. The summed E-state index contributed by atoms with van der Waals surface area (Å²) in [6, 6.07) is -0.442. The second-order valence-electron chi connectivity index (χ2n) is 5.51. The molecule has 0 aromatic carbocycles. The zero-order chi connectivity index (χ0) is 13.9. The van der Waals surface area contributed by atoms with E-state index in [1.807, 2.05) is 0 Å². The van der Waals surface area contributed by atoms with Gasteiger partial charge in [0.2, 0.25) is 0 Å². The molecule has 104 valence electrons. The Hall–Kier alpha value is -1.30. The van der Waals surface area contributed by atoms with Crippen LogP contribution in [0.4, 0.5) is 4.79 Å². The first-order valence-electron chi connectivity index (χ1n) is 5.98. The Kier molecular flexibility index (Phi) is 4.56. The van der Waals surface area contributed by atoms with Crippen LogP contribution in [0.3, 0.4) is 0 Å². The fourth-order valence-electron chi connectivity index (χ4n) is 2.04. The quantitative estimate of drug-likeness (QED) is 0.717. The van der Waals surface area contributed by atoms with E-state index in [1.54, 1.807) is 20.8 Å². The molecule has 0 heterocycles. The number of carbonyl (C=O) groups excluding carboxylic acids is 2. The van der Waals surface area contributed by atoms with E-state index in [0.29, 0.717) is 12.8 Å². The number of esters is 1. The standard InChI is InChI=1S/C12H21NO5/c1-12(2,3)18-11(16)13-9-6-7(14)5-8(9)10(15)17-4/h7-9,14H,5-6H2,1-4H3,(H,13,16)/t7-,8+,9-/m0/s1. The van der Waals surface area contributed by atoms with Crippen molar-refractivity contribution in [1.29, 1.82) is 0 Å². The van der Waals surface area contributed by atoms with Crippen molar-refractivity contribution in [2.24, 2.45) is 5.92 Å². The smallest absolute Gasteiger partial charge is 0.407 e. The van der Waals surface area contributed by atoms with Crippen LogP contribution in [0.1, 0.15) is 33.6 Å². The van der Waals surface area contributed by atoms with Crippen LogP contribution in [0.2, 0.25) is 0 Å². The summed E-state index contributed by atoms with van der Waals surface area (Å²) in [5, 5.41) is 12.2. The monoisotopic (exact) mass is 259 g/mol. The van der Waals surface area contributed by atoms with Crippen LogP contribution < -0.4 is 5.32 Å². The minimum absolute atomic E-state index is 0.299. The van der Waals surface area contributed by atoms with E-state index in [0.717, 1.165) is 0 Å². The fraction of sp³-hybridized carbons (Fsp3) is 0.833.